The Hall–Kier alpha value is -2.45. The van der Waals surface area contributed by atoms with Crippen LogP contribution in [-0.4, -0.2) is 24.7 Å². The summed E-state index contributed by atoms with van der Waals surface area (Å²) in [7, 11) is 0. The summed E-state index contributed by atoms with van der Waals surface area (Å²) in [6, 6.07) is 10.0. The van der Waals surface area contributed by atoms with Gasteiger partial charge in [0, 0.05) is 17.0 Å². The first-order valence-electron chi connectivity index (χ1n) is 9.14. The van der Waals surface area contributed by atoms with Crippen molar-refractivity contribution in [2.45, 2.75) is 44.6 Å². The molecule has 0 saturated carbocycles. The van der Waals surface area contributed by atoms with Crippen molar-refractivity contribution in [1.82, 2.24) is 24.7 Å². The van der Waals surface area contributed by atoms with E-state index >= 15 is 0 Å². The molecular formula is C20H21N5OS2. The molecule has 1 aromatic carbocycles. The minimum atomic E-state index is -0.0729. The van der Waals surface area contributed by atoms with Crippen molar-refractivity contribution in [1.29, 1.82) is 0 Å². The van der Waals surface area contributed by atoms with Crippen LogP contribution in [-0.2, 0) is 6.54 Å². The van der Waals surface area contributed by atoms with Gasteiger partial charge < -0.3 is 9.55 Å². The molecule has 0 aliphatic heterocycles. The molecule has 0 aliphatic rings. The number of rotatable bonds is 5. The number of nitrogens with zero attached hydrogens (tertiary/aromatic N) is 4. The maximum Gasteiger partial charge on any atom is 0.259 e. The van der Waals surface area contributed by atoms with Crippen molar-refractivity contribution in [3.05, 3.63) is 57.0 Å². The van der Waals surface area contributed by atoms with Gasteiger partial charge >= 0.3 is 0 Å². The molecule has 3 aromatic heterocycles. The minimum Gasteiger partial charge on any atom is -0.309 e. The first-order chi connectivity index (χ1) is 13.5. The predicted molar refractivity (Wildman–Crippen MR) is 115 cm³/mol. The van der Waals surface area contributed by atoms with Gasteiger partial charge in [-0.05, 0) is 33.3 Å². The monoisotopic (exact) mass is 411 g/mol. The molecule has 0 radical (unpaired) electrons. The molecule has 1 N–H and O–H groups in total. The van der Waals surface area contributed by atoms with Crippen LogP contribution in [0.25, 0.3) is 21.6 Å². The van der Waals surface area contributed by atoms with E-state index in [1.165, 1.54) is 0 Å². The second-order valence-corrected chi connectivity index (χ2v) is 9.10. The van der Waals surface area contributed by atoms with Crippen LogP contribution in [0, 0.1) is 13.8 Å². The molecule has 3 heterocycles. The van der Waals surface area contributed by atoms with E-state index in [4.69, 9.17) is 4.98 Å². The predicted octanol–water partition coefficient (Wildman–Crippen LogP) is 4.73. The molecule has 144 valence electrons. The summed E-state index contributed by atoms with van der Waals surface area (Å²) in [6.07, 6.45) is 0. The summed E-state index contributed by atoms with van der Waals surface area (Å²) in [5.74, 6) is 1.51. The zero-order valence-electron chi connectivity index (χ0n) is 16.2. The van der Waals surface area contributed by atoms with Gasteiger partial charge in [0.1, 0.15) is 10.7 Å². The van der Waals surface area contributed by atoms with E-state index in [-0.39, 0.29) is 10.8 Å². The molecule has 28 heavy (non-hydrogen) atoms. The average molecular weight is 412 g/mol. The molecule has 4 aromatic rings. The van der Waals surface area contributed by atoms with E-state index in [1.54, 1.807) is 23.1 Å². The number of benzene rings is 1. The van der Waals surface area contributed by atoms with E-state index < -0.39 is 0 Å². The lowest BCUT2D eigenvalue weighted by Crippen LogP contribution is -2.12. The number of hydrogen-bond acceptors (Lipinski definition) is 6. The Morgan fingerprint density at radius 2 is 1.96 bits per heavy atom. The van der Waals surface area contributed by atoms with Gasteiger partial charge in [-0.1, -0.05) is 42.1 Å². The zero-order chi connectivity index (χ0) is 19.8. The SMILES string of the molecule is CCn1c(S[C@H](C)c2nc3sc(C)c(C)c3c(=O)[nH]2)nnc1-c1ccccc1. The van der Waals surface area contributed by atoms with Crippen LogP contribution in [0.1, 0.15) is 35.4 Å². The molecule has 0 fully saturated rings. The number of thiophene rings is 1. The van der Waals surface area contributed by atoms with Crippen molar-refractivity contribution in [2.24, 2.45) is 0 Å². The molecule has 0 bridgehead atoms. The van der Waals surface area contributed by atoms with Crippen molar-refractivity contribution in [3.63, 3.8) is 0 Å². The van der Waals surface area contributed by atoms with Gasteiger partial charge in [0.2, 0.25) is 0 Å². The van der Waals surface area contributed by atoms with Crippen molar-refractivity contribution in [2.75, 3.05) is 0 Å². The molecule has 0 spiro atoms. The lowest BCUT2D eigenvalue weighted by molar-refractivity contribution is 0.685. The van der Waals surface area contributed by atoms with E-state index in [2.05, 4.69) is 26.7 Å². The quantitative estimate of drug-likeness (QED) is 0.480. The molecular weight excluding hydrogens is 390 g/mol. The molecule has 4 rings (SSSR count). The minimum absolute atomic E-state index is 0.0575. The van der Waals surface area contributed by atoms with E-state index in [0.29, 0.717) is 11.2 Å². The number of aryl methyl sites for hydroxylation is 2. The number of H-pyrrole nitrogens is 1. The van der Waals surface area contributed by atoms with Crippen molar-refractivity contribution < 1.29 is 0 Å². The van der Waals surface area contributed by atoms with Crippen LogP contribution in [0.15, 0.2) is 40.3 Å². The normalized spacial score (nSPS) is 12.6. The fourth-order valence-corrected chi connectivity index (χ4v) is 5.15. The third-order valence-corrected chi connectivity index (χ3v) is 6.98. The van der Waals surface area contributed by atoms with Gasteiger partial charge in [-0.2, -0.15) is 0 Å². The lowest BCUT2D eigenvalue weighted by Gasteiger charge is -2.12. The third kappa shape index (κ3) is 3.27. The number of hydrogen-bond donors (Lipinski definition) is 1. The molecule has 0 amide bonds. The summed E-state index contributed by atoms with van der Waals surface area (Å²) in [6.45, 7) is 8.86. The highest BCUT2D eigenvalue weighted by atomic mass is 32.2. The molecule has 8 heteroatoms. The summed E-state index contributed by atoms with van der Waals surface area (Å²) < 4.78 is 2.09. The number of thioether (sulfide) groups is 1. The Balaban J connectivity index is 1.68. The van der Waals surface area contributed by atoms with Gasteiger partial charge in [0.05, 0.1) is 10.6 Å². The second-order valence-electron chi connectivity index (χ2n) is 6.59. The van der Waals surface area contributed by atoms with Crippen LogP contribution in [0.3, 0.4) is 0 Å². The number of aromatic nitrogens is 5. The van der Waals surface area contributed by atoms with Gasteiger partial charge in [-0.3, -0.25) is 4.79 Å². The molecule has 6 nitrogen and oxygen atoms in total. The lowest BCUT2D eigenvalue weighted by atomic mass is 10.2. The standard InChI is InChI=1S/C20H21N5OS2/c1-5-25-17(14-9-7-6-8-10-14)23-24-20(25)28-13(4)16-21-18(26)15-11(2)12(3)27-19(15)22-16/h6-10,13H,5H2,1-4H3,(H,21,22,26)/t13-/m1/s1. The van der Waals surface area contributed by atoms with Crippen LogP contribution >= 0.6 is 23.1 Å². The van der Waals surface area contributed by atoms with Crippen LogP contribution in [0.4, 0.5) is 0 Å². The largest absolute Gasteiger partial charge is 0.309 e. The van der Waals surface area contributed by atoms with E-state index in [9.17, 15) is 4.79 Å². The number of fused-ring (bicyclic) bond motifs is 1. The van der Waals surface area contributed by atoms with Gasteiger partial charge in [0.25, 0.3) is 5.56 Å². The van der Waals surface area contributed by atoms with Gasteiger partial charge in [-0.25, -0.2) is 4.98 Å². The maximum absolute atomic E-state index is 12.6. The molecule has 0 unspecified atom stereocenters. The van der Waals surface area contributed by atoms with E-state index in [1.807, 2.05) is 51.1 Å². The third-order valence-electron chi connectivity index (χ3n) is 4.79. The van der Waals surface area contributed by atoms with E-state index in [0.717, 1.165) is 38.4 Å². The topological polar surface area (TPSA) is 76.5 Å². The van der Waals surface area contributed by atoms with Crippen molar-refractivity contribution in [3.8, 4) is 11.4 Å². The highest BCUT2D eigenvalue weighted by Gasteiger charge is 2.20. The first kappa shape index (κ1) is 18.9. The maximum atomic E-state index is 12.6. The summed E-state index contributed by atoms with van der Waals surface area (Å²) in [5.41, 5.74) is 1.98. The first-order valence-corrected chi connectivity index (χ1v) is 10.8. The molecule has 0 saturated heterocycles. The molecule has 1 atom stereocenters. The summed E-state index contributed by atoms with van der Waals surface area (Å²) >= 11 is 3.12. The van der Waals surface area contributed by atoms with Gasteiger partial charge in [0.15, 0.2) is 11.0 Å². The zero-order valence-corrected chi connectivity index (χ0v) is 17.8. The Kier molecular flexibility index (Phi) is 5.07. The number of aromatic amines is 1. The average Bonchev–Trinajstić information content (AvgIpc) is 3.22. The fourth-order valence-electron chi connectivity index (χ4n) is 3.14. The Labute approximate surface area is 171 Å². The Morgan fingerprint density at radius 3 is 2.68 bits per heavy atom. The Bertz CT molecular complexity index is 1190. The van der Waals surface area contributed by atoms with Crippen molar-refractivity contribution >= 4 is 33.3 Å². The highest BCUT2D eigenvalue weighted by molar-refractivity contribution is 7.99. The highest BCUT2D eigenvalue weighted by Crippen LogP contribution is 2.35. The van der Waals surface area contributed by atoms with Crippen LogP contribution in [0.5, 0.6) is 0 Å². The molecule has 0 aliphatic carbocycles. The second kappa shape index (κ2) is 7.52. The van der Waals surface area contributed by atoms with Crippen LogP contribution in [0.2, 0.25) is 0 Å². The number of nitrogens with one attached hydrogen (secondary N) is 1. The Morgan fingerprint density at radius 1 is 1.21 bits per heavy atom. The fraction of sp³-hybridized carbons (Fsp3) is 0.300. The summed E-state index contributed by atoms with van der Waals surface area (Å²) in [5, 5.41) is 10.2. The van der Waals surface area contributed by atoms with Crippen LogP contribution < -0.4 is 5.56 Å². The smallest absolute Gasteiger partial charge is 0.259 e. The summed E-state index contributed by atoms with van der Waals surface area (Å²) in [4.78, 5) is 22.2. The van der Waals surface area contributed by atoms with Gasteiger partial charge in [-0.15, -0.1) is 21.5 Å².